The van der Waals surface area contributed by atoms with E-state index in [0.717, 1.165) is 24.8 Å². The van der Waals surface area contributed by atoms with E-state index in [1.54, 1.807) is 0 Å². The molecule has 0 bridgehead atoms. The van der Waals surface area contributed by atoms with E-state index in [9.17, 15) is 0 Å². The van der Waals surface area contributed by atoms with Gasteiger partial charge in [-0.05, 0) is 55.4 Å². The summed E-state index contributed by atoms with van der Waals surface area (Å²) in [6.45, 7) is 12.8. The minimum atomic E-state index is 0.474. The van der Waals surface area contributed by atoms with Gasteiger partial charge in [0.05, 0.1) is 0 Å². The van der Waals surface area contributed by atoms with Crippen LogP contribution in [0.25, 0.3) is 0 Å². The zero-order valence-corrected chi connectivity index (χ0v) is 15.8. The molecule has 0 fully saturated rings. The molecular weight excluding hydrogens is 266 g/mol. The summed E-state index contributed by atoms with van der Waals surface area (Å²) in [5, 5.41) is 0. The van der Waals surface area contributed by atoms with Crippen molar-refractivity contribution in [2.45, 2.75) is 86.0 Å². The highest BCUT2D eigenvalue weighted by Crippen LogP contribution is 2.50. The Labute approximate surface area is 139 Å². The van der Waals surface area contributed by atoms with E-state index in [2.05, 4.69) is 46.5 Å². The minimum Gasteiger partial charge on any atom is -0.330 e. The minimum absolute atomic E-state index is 0.474. The van der Waals surface area contributed by atoms with Crippen molar-refractivity contribution in [3.63, 3.8) is 0 Å². The van der Waals surface area contributed by atoms with Gasteiger partial charge in [0.2, 0.25) is 0 Å². The number of rotatable bonds is 11. The normalized spacial score (nSPS) is 23.0. The van der Waals surface area contributed by atoms with Crippen molar-refractivity contribution in [1.29, 1.82) is 0 Å². The van der Waals surface area contributed by atoms with Gasteiger partial charge in [-0.15, -0.1) is 5.92 Å². The van der Waals surface area contributed by atoms with Crippen molar-refractivity contribution in [2.75, 3.05) is 6.54 Å². The standard InChI is InChI=1S/C21H39N/c1-6-20(7-2)21(8-3,15-11-12-17(4)16-22)18(5)19-13-9-10-14-19/h17-20H,6-9,11-13,15-16,22H2,1-5H3. The average molecular weight is 306 g/mol. The van der Waals surface area contributed by atoms with Gasteiger partial charge in [-0.2, -0.15) is 0 Å². The third-order valence-corrected chi connectivity index (χ3v) is 6.58. The molecular formula is C21H39N. The van der Waals surface area contributed by atoms with Crippen LogP contribution in [0.5, 0.6) is 0 Å². The first-order valence-electron chi connectivity index (χ1n) is 9.74. The first-order chi connectivity index (χ1) is 10.6. The highest BCUT2D eigenvalue weighted by molar-refractivity contribution is 5.13. The fraction of sp³-hybridized carbons (Fsp3) is 0.905. The monoisotopic (exact) mass is 305 g/mol. The quantitative estimate of drug-likeness (QED) is 0.492. The first kappa shape index (κ1) is 19.6. The lowest BCUT2D eigenvalue weighted by Crippen LogP contribution is -2.39. The third kappa shape index (κ3) is 4.51. The van der Waals surface area contributed by atoms with Crippen LogP contribution in [0.15, 0.2) is 0 Å². The van der Waals surface area contributed by atoms with Crippen LogP contribution < -0.4 is 5.73 Å². The van der Waals surface area contributed by atoms with E-state index in [1.165, 1.54) is 44.9 Å². The Kier molecular flexibility index (Phi) is 8.55. The highest BCUT2D eigenvalue weighted by atomic mass is 14.5. The predicted molar refractivity (Wildman–Crippen MR) is 98.5 cm³/mol. The van der Waals surface area contributed by atoms with Gasteiger partial charge in [0, 0.05) is 12.3 Å². The summed E-state index contributed by atoms with van der Waals surface area (Å²) < 4.78 is 0. The molecule has 1 rings (SSSR count). The van der Waals surface area contributed by atoms with Gasteiger partial charge >= 0.3 is 0 Å². The van der Waals surface area contributed by atoms with Gasteiger partial charge in [0.15, 0.2) is 0 Å². The lowest BCUT2D eigenvalue weighted by atomic mass is 9.58. The zero-order chi connectivity index (χ0) is 16.6. The summed E-state index contributed by atoms with van der Waals surface area (Å²) >= 11 is 0. The van der Waals surface area contributed by atoms with Gasteiger partial charge in [0.1, 0.15) is 0 Å². The summed E-state index contributed by atoms with van der Waals surface area (Å²) in [5.74, 6) is 9.74. The molecule has 22 heavy (non-hydrogen) atoms. The molecule has 0 saturated heterocycles. The summed E-state index contributed by atoms with van der Waals surface area (Å²) in [4.78, 5) is 0. The smallest absolute Gasteiger partial charge is 0.0242 e. The summed E-state index contributed by atoms with van der Waals surface area (Å²) in [6.07, 6.45) is 10.3. The summed E-state index contributed by atoms with van der Waals surface area (Å²) in [5.41, 5.74) is 6.28. The van der Waals surface area contributed by atoms with Crippen LogP contribution in [-0.4, -0.2) is 6.54 Å². The predicted octanol–water partition coefficient (Wildman–Crippen LogP) is 5.63. The average Bonchev–Trinajstić information content (AvgIpc) is 3.07. The van der Waals surface area contributed by atoms with Crippen molar-refractivity contribution >= 4 is 0 Å². The maximum atomic E-state index is 5.81. The molecule has 0 spiro atoms. The maximum absolute atomic E-state index is 5.81. The maximum Gasteiger partial charge on any atom is 0.0242 e. The van der Waals surface area contributed by atoms with Crippen LogP contribution in [0.2, 0.25) is 0 Å². The van der Waals surface area contributed by atoms with E-state index in [1.807, 2.05) is 0 Å². The SMILES string of the molecule is CCC(CC)C(CC)(CCCC(C)CN)C(C)C1C#CCC1. The molecule has 0 aromatic rings. The van der Waals surface area contributed by atoms with Crippen LogP contribution in [0, 0.1) is 40.9 Å². The van der Waals surface area contributed by atoms with Gasteiger partial charge in [-0.3, -0.25) is 0 Å². The Hall–Kier alpha value is -0.480. The molecule has 0 heterocycles. The van der Waals surface area contributed by atoms with Crippen molar-refractivity contribution in [2.24, 2.45) is 34.8 Å². The Bertz CT molecular complexity index is 360. The van der Waals surface area contributed by atoms with E-state index in [0.29, 0.717) is 17.3 Å². The molecule has 0 saturated carbocycles. The van der Waals surface area contributed by atoms with Crippen LogP contribution in [0.4, 0.5) is 0 Å². The van der Waals surface area contributed by atoms with Crippen molar-refractivity contribution in [1.82, 2.24) is 0 Å². The van der Waals surface area contributed by atoms with E-state index < -0.39 is 0 Å². The Morgan fingerprint density at radius 1 is 1.18 bits per heavy atom. The molecule has 4 atom stereocenters. The Morgan fingerprint density at radius 3 is 2.32 bits per heavy atom. The Morgan fingerprint density at radius 2 is 1.86 bits per heavy atom. The molecule has 1 aliphatic rings. The lowest BCUT2D eigenvalue weighted by Gasteiger charge is -2.47. The molecule has 128 valence electrons. The molecule has 0 amide bonds. The second-order valence-corrected chi connectivity index (χ2v) is 7.59. The number of hydrogen-bond donors (Lipinski definition) is 1. The molecule has 0 aromatic heterocycles. The van der Waals surface area contributed by atoms with E-state index >= 15 is 0 Å². The molecule has 0 aromatic carbocycles. The Balaban J connectivity index is 2.88. The van der Waals surface area contributed by atoms with Gasteiger partial charge < -0.3 is 5.73 Å². The third-order valence-electron chi connectivity index (χ3n) is 6.58. The fourth-order valence-electron chi connectivity index (χ4n) is 4.87. The van der Waals surface area contributed by atoms with Gasteiger partial charge in [0.25, 0.3) is 0 Å². The fourth-order valence-corrected chi connectivity index (χ4v) is 4.87. The molecule has 0 aliphatic heterocycles. The summed E-state index contributed by atoms with van der Waals surface area (Å²) in [6, 6.07) is 0. The molecule has 4 unspecified atom stereocenters. The highest BCUT2D eigenvalue weighted by Gasteiger charge is 2.42. The van der Waals surface area contributed by atoms with Crippen LogP contribution in [-0.2, 0) is 0 Å². The molecule has 1 nitrogen and oxygen atoms in total. The molecule has 0 radical (unpaired) electrons. The van der Waals surface area contributed by atoms with Gasteiger partial charge in [-0.1, -0.05) is 59.8 Å². The lowest BCUT2D eigenvalue weighted by molar-refractivity contribution is 0.0300. The largest absolute Gasteiger partial charge is 0.330 e. The van der Waals surface area contributed by atoms with Crippen molar-refractivity contribution < 1.29 is 0 Å². The van der Waals surface area contributed by atoms with E-state index in [4.69, 9.17) is 5.73 Å². The number of hydrogen-bond acceptors (Lipinski definition) is 1. The second-order valence-electron chi connectivity index (χ2n) is 7.59. The van der Waals surface area contributed by atoms with E-state index in [-0.39, 0.29) is 0 Å². The zero-order valence-electron chi connectivity index (χ0n) is 15.8. The van der Waals surface area contributed by atoms with Crippen LogP contribution in [0.3, 0.4) is 0 Å². The summed E-state index contributed by atoms with van der Waals surface area (Å²) in [7, 11) is 0. The van der Waals surface area contributed by atoms with Crippen LogP contribution >= 0.6 is 0 Å². The van der Waals surface area contributed by atoms with Crippen molar-refractivity contribution in [3.05, 3.63) is 0 Å². The second kappa shape index (κ2) is 9.61. The molecule has 2 N–H and O–H groups in total. The van der Waals surface area contributed by atoms with Crippen LogP contribution in [0.1, 0.15) is 86.0 Å². The molecule has 1 aliphatic carbocycles. The number of nitrogens with two attached hydrogens (primary N) is 1. The molecule has 1 heteroatoms. The first-order valence-corrected chi connectivity index (χ1v) is 9.74. The van der Waals surface area contributed by atoms with Crippen molar-refractivity contribution in [3.8, 4) is 11.8 Å². The van der Waals surface area contributed by atoms with Gasteiger partial charge in [-0.25, -0.2) is 0 Å². The topological polar surface area (TPSA) is 26.0 Å².